The first-order valence-electron chi connectivity index (χ1n) is 6.56. The Morgan fingerprint density at radius 3 is 3.05 bits per heavy atom. The first-order chi connectivity index (χ1) is 8.99. The van der Waals surface area contributed by atoms with Crippen molar-refractivity contribution in [1.82, 2.24) is 15.2 Å². The standard InChI is InChI=1S/C14H21N3O2/c1-14(2)10-16-7-12(13(18)19)9-17(14)8-11-4-3-5-15-6-11/h3-6,12,16H,7-10H2,1-2H3,(H,18,19). The van der Waals surface area contributed by atoms with Crippen molar-refractivity contribution >= 4 is 5.97 Å². The lowest BCUT2D eigenvalue weighted by molar-refractivity contribution is -0.142. The summed E-state index contributed by atoms with van der Waals surface area (Å²) in [5.41, 5.74) is 1.04. The molecule has 0 saturated carbocycles. The molecule has 0 amide bonds. The van der Waals surface area contributed by atoms with Gasteiger partial charge in [-0.2, -0.15) is 0 Å². The molecule has 5 nitrogen and oxygen atoms in total. The highest BCUT2D eigenvalue weighted by molar-refractivity contribution is 5.70. The van der Waals surface area contributed by atoms with E-state index in [9.17, 15) is 9.90 Å². The van der Waals surface area contributed by atoms with Crippen LogP contribution in [-0.4, -0.2) is 46.1 Å². The fourth-order valence-corrected chi connectivity index (χ4v) is 2.40. The van der Waals surface area contributed by atoms with E-state index in [1.165, 1.54) is 0 Å². The molecule has 2 N–H and O–H groups in total. The van der Waals surface area contributed by atoms with E-state index in [4.69, 9.17) is 0 Å². The first kappa shape index (κ1) is 14.0. The highest BCUT2D eigenvalue weighted by atomic mass is 16.4. The Morgan fingerprint density at radius 2 is 2.42 bits per heavy atom. The average Bonchev–Trinajstić information content (AvgIpc) is 2.50. The summed E-state index contributed by atoms with van der Waals surface area (Å²) < 4.78 is 0. The molecule has 1 atom stereocenters. The van der Waals surface area contributed by atoms with Gasteiger partial charge >= 0.3 is 5.97 Å². The number of nitrogens with one attached hydrogen (secondary N) is 1. The van der Waals surface area contributed by atoms with Crippen LogP contribution in [0.1, 0.15) is 19.4 Å². The van der Waals surface area contributed by atoms with Crippen molar-refractivity contribution in [2.75, 3.05) is 19.6 Å². The van der Waals surface area contributed by atoms with Crippen LogP contribution in [0.25, 0.3) is 0 Å². The monoisotopic (exact) mass is 263 g/mol. The lowest BCUT2D eigenvalue weighted by Gasteiger charge is -2.37. The molecule has 0 aromatic carbocycles. The van der Waals surface area contributed by atoms with E-state index in [1.54, 1.807) is 6.20 Å². The van der Waals surface area contributed by atoms with Gasteiger partial charge < -0.3 is 10.4 Å². The van der Waals surface area contributed by atoms with Crippen LogP contribution in [-0.2, 0) is 11.3 Å². The minimum atomic E-state index is -0.735. The highest BCUT2D eigenvalue weighted by Crippen LogP contribution is 2.21. The number of aliphatic carboxylic acids is 1. The van der Waals surface area contributed by atoms with Gasteiger partial charge in [-0.3, -0.25) is 14.7 Å². The average molecular weight is 263 g/mol. The van der Waals surface area contributed by atoms with Crippen LogP contribution in [0.3, 0.4) is 0 Å². The van der Waals surface area contributed by atoms with Gasteiger partial charge in [0.05, 0.1) is 5.92 Å². The normalized spacial score (nSPS) is 23.8. The van der Waals surface area contributed by atoms with E-state index in [-0.39, 0.29) is 11.5 Å². The molecule has 5 heteroatoms. The van der Waals surface area contributed by atoms with Crippen molar-refractivity contribution in [2.24, 2.45) is 5.92 Å². The van der Waals surface area contributed by atoms with Crippen molar-refractivity contribution in [1.29, 1.82) is 0 Å². The number of hydrogen-bond acceptors (Lipinski definition) is 4. The number of hydrogen-bond donors (Lipinski definition) is 2. The van der Waals surface area contributed by atoms with E-state index >= 15 is 0 Å². The Kier molecular flexibility index (Phi) is 4.17. The SMILES string of the molecule is CC1(C)CNCC(C(=O)O)CN1Cc1cccnc1. The third-order valence-electron chi connectivity index (χ3n) is 3.69. The number of aromatic nitrogens is 1. The number of carbonyl (C=O) groups is 1. The summed E-state index contributed by atoms with van der Waals surface area (Å²) in [7, 11) is 0. The molecule has 1 aliphatic heterocycles. The third kappa shape index (κ3) is 3.52. The second-order valence-corrected chi connectivity index (χ2v) is 5.72. The van der Waals surface area contributed by atoms with Crippen molar-refractivity contribution in [2.45, 2.75) is 25.9 Å². The molecule has 1 saturated heterocycles. The van der Waals surface area contributed by atoms with E-state index in [0.29, 0.717) is 13.1 Å². The second-order valence-electron chi connectivity index (χ2n) is 5.72. The first-order valence-corrected chi connectivity index (χ1v) is 6.56. The summed E-state index contributed by atoms with van der Waals surface area (Å²) in [4.78, 5) is 17.6. The Bertz CT molecular complexity index is 434. The summed E-state index contributed by atoms with van der Waals surface area (Å²) in [5, 5.41) is 12.5. The minimum Gasteiger partial charge on any atom is -0.481 e. The van der Waals surface area contributed by atoms with Gasteiger partial charge in [-0.15, -0.1) is 0 Å². The van der Waals surface area contributed by atoms with Gasteiger partial charge in [-0.05, 0) is 25.5 Å². The fourth-order valence-electron chi connectivity index (χ4n) is 2.40. The van der Waals surface area contributed by atoms with Gasteiger partial charge in [0.25, 0.3) is 0 Å². The molecule has 1 unspecified atom stereocenters. The number of nitrogens with zero attached hydrogens (tertiary/aromatic N) is 2. The largest absolute Gasteiger partial charge is 0.481 e. The van der Waals surface area contributed by atoms with Crippen LogP contribution in [0, 0.1) is 5.92 Å². The molecule has 2 heterocycles. The Labute approximate surface area is 113 Å². The Balaban J connectivity index is 2.15. The zero-order valence-electron chi connectivity index (χ0n) is 11.5. The zero-order valence-corrected chi connectivity index (χ0v) is 11.5. The summed E-state index contributed by atoms with van der Waals surface area (Å²) in [6.45, 7) is 6.89. The molecule has 1 aromatic rings. The van der Waals surface area contributed by atoms with Crippen LogP contribution in [0.5, 0.6) is 0 Å². The lowest BCUT2D eigenvalue weighted by atomic mass is 10.0. The molecule has 0 bridgehead atoms. The predicted molar refractivity (Wildman–Crippen MR) is 72.7 cm³/mol. The minimum absolute atomic E-state index is 0.0694. The highest BCUT2D eigenvalue weighted by Gasteiger charge is 2.34. The molecule has 2 rings (SSSR count). The third-order valence-corrected chi connectivity index (χ3v) is 3.69. The van der Waals surface area contributed by atoms with E-state index in [2.05, 4.69) is 29.0 Å². The topological polar surface area (TPSA) is 65.5 Å². The predicted octanol–water partition coefficient (Wildman–Crippen LogP) is 0.966. The van der Waals surface area contributed by atoms with Gasteiger partial charge in [0.1, 0.15) is 0 Å². The second kappa shape index (κ2) is 5.67. The van der Waals surface area contributed by atoms with Crippen LogP contribution in [0.2, 0.25) is 0 Å². The number of carboxylic acids is 1. The van der Waals surface area contributed by atoms with Crippen molar-refractivity contribution in [3.8, 4) is 0 Å². The molecular weight excluding hydrogens is 242 g/mol. The summed E-state index contributed by atoms with van der Waals surface area (Å²) in [6, 6.07) is 3.93. The molecular formula is C14H21N3O2. The van der Waals surface area contributed by atoms with Crippen molar-refractivity contribution in [3.05, 3.63) is 30.1 Å². The molecule has 19 heavy (non-hydrogen) atoms. The summed E-state index contributed by atoms with van der Waals surface area (Å²) >= 11 is 0. The molecule has 1 aromatic heterocycles. The maximum Gasteiger partial charge on any atom is 0.309 e. The maximum absolute atomic E-state index is 11.2. The number of pyridine rings is 1. The fraction of sp³-hybridized carbons (Fsp3) is 0.571. The van der Waals surface area contributed by atoms with Crippen LogP contribution >= 0.6 is 0 Å². The number of rotatable bonds is 3. The maximum atomic E-state index is 11.2. The van der Waals surface area contributed by atoms with Crippen molar-refractivity contribution < 1.29 is 9.90 Å². The Morgan fingerprint density at radius 1 is 1.63 bits per heavy atom. The van der Waals surface area contributed by atoms with Crippen LogP contribution < -0.4 is 5.32 Å². The Hall–Kier alpha value is -1.46. The summed E-state index contributed by atoms with van der Waals surface area (Å²) in [6.07, 6.45) is 3.59. The lowest BCUT2D eigenvalue weighted by Crippen LogP contribution is -2.48. The van der Waals surface area contributed by atoms with Gasteiger partial charge in [0.2, 0.25) is 0 Å². The molecule has 0 spiro atoms. The van der Waals surface area contributed by atoms with E-state index in [0.717, 1.165) is 18.7 Å². The molecule has 1 aliphatic rings. The van der Waals surface area contributed by atoms with Gasteiger partial charge in [-0.1, -0.05) is 6.07 Å². The van der Waals surface area contributed by atoms with E-state index in [1.807, 2.05) is 18.3 Å². The van der Waals surface area contributed by atoms with E-state index < -0.39 is 5.97 Å². The smallest absolute Gasteiger partial charge is 0.309 e. The van der Waals surface area contributed by atoms with Gasteiger partial charge in [-0.25, -0.2) is 0 Å². The molecule has 1 fully saturated rings. The molecule has 0 radical (unpaired) electrons. The summed E-state index contributed by atoms with van der Waals surface area (Å²) in [5.74, 6) is -1.10. The van der Waals surface area contributed by atoms with Crippen LogP contribution in [0.15, 0.2) is 24.5 Å². The van der Waals surface area contributed by atoms with Crippen LogP contribution in [0.4, 0.5) is 0 Å². The number of carboxylic acid groups (broad SMARTS) is 1. The zero-order chi connectivity index (χ0) is 13.9. The molecule has 0 aliphatic carbocycles. The van der Waals surface area contributed by atoms with Gasteiger partial charge in [0, 0.05) is 44.1 Å². The quantitative estimate of drug-likeness (QED) is 0.850. The van der Waals surface area contributed by atoms with Gasteiger partial charge in [0.15, 0.2) is 0 Å². The molecule has 104 valence electrons. The van der Waals surface area contributed by atoms with Crippen molar-refractivity contribution in [3.63, 3.8) is 0 Å².